The number of aliphatic hydroxyl groups is 1. The maximum absolute atomic E-state index is 11.4. The molecule has 2 N–H and O–H groups in total. The van der Waals surface area contributed by atoms with Crippen LogP contribution in [0.4, 0.5) is 5.69 Å². The van der Waals surface area contributed by atoms with E-state index in [1.165, 1.54) is 0 Å². The highest BCUT2D eigenvalue weighted by atomic mass is 16.3. The van der Waals surface area contributed by atoms with Gasteiger partial charge in [0, 0.05) is 38.2 Å². The Hall–Kier alpha value is -1.55. The minimum absolute atomic E-state index is 0.0524. The molecule has 21 heavy (non-hydrogen) atoms. The van der Waals surface area contributed by atoms with Gasteiger partial charge < -0.3 is 15.3 Å². The van der Waals surface area contributed by atoms with Crippen LogP contribution in [0.3, 0.4) is 0 Å². The standard InChI is InChI=1S/C17H28N2O2/c1-5-17(6-2,13-20)12-18-16-10-8-7-9-15(16)11-19(4)14(3)21/h7-10,18,20H,5-6,11-13H2,1-4H3. The van der Waals surface area contributed by atoms with E-state index < -0.39 is 0 Å². The topological polar surface area (TPSA) is 52.6 Å². The van der Waals surface area contributed by atoms with Crippen molar-refractivity contribution in [3.63, 3.8) is 0 Å². The quantitative estimate of drug-likeness (QED) is 0.774. The molecule has 1 amide bonds. The van der Waals surface area contributed by atoms with Gasteiger partial charge in [0.15, 0.2) is 0 Å². The Labute approximate surface area is 128 Å². The predicted molar refractivity (Wildman–Crippen MR) is 87.2 cm³/mol. The molecule has 1 aromatic carbocycles. The minimum Gasteiger partial charge on any atom is -0.396 e. The molecule has 0 spiro atoms. The predicted octanol–water partition coefficient (Wildman–Crippen LogP) is 2.88. The highest BCUT2D eigenvalue weighted by Crippen LogP contribution is 2.27. The number of benzene rings is 1. The van der Waals surface area contributed by atoms with E-state index in [0.717, 1.165) is 30.6 Å². The molecular formula is C17H28N2O2. The van der Waals surface area contributed by atoms with Gasteiger partial charge in [0.2, 0.25) is 5.91 Å². The van der Waals surface area contributed by atoms with Gasteiger partial charge in [-0.2, -0.15) is 0 Å². The van der Waals surface area contributed by atoms with Crippen molar-refractivity contribution in [3.05, 3.63) is 29.8 Å². The third kappa shape index (κ3) is 4.74. The Morgan fingerprint density at radius 3 is 2.43 bits per heavy atom. The number of rotatable bonds is 8. The Kier molecular flexibility index (Phi) is 6.69. The lowest BCUT2D eigenvalue weighted by molar-refractivity contribution is -0.128. The van der Waals surface area contributed by atoms with E-state index in [1.807, 2.05) is 24.3 Å². The van der Waals surface area contributed by atoms with Crippen LogP contribution in [0, 0.1) is 5.41 Å². The highest BCUT2D eigenvalue weighted by molar-refractivity contribution is 5.73. The number of nitrogens with zero attached hydrogens (tertiary/aromatic N) is 1. The monoisotopic (exact) mass is 292 g/mol. The lowest BCUT2D eigenvalue weighted by Gasteiger charge is -2.30. The van der Waals surface area contributed by atoms with Gasteiger partial charge in [0.05, 0.1) is 6.61 Å². The summed E-state index contributed by atoms with van der Waals surface area (Å²) in [4.78, 5) is 13.1. The van der Waals surface area contributed by atoms with E-state index in [4.69, 9.17) is 0 Å². The van der Waals surface area contributed by atoms with E-state index in [0.29, 0.717) is 6.54 Å². The SMILES string of the molecule is CCC(CC)(CO)CNc1ccccc1CN(C)C(C)=O. The molecule has 0 bridgehead atoms. The van der Waals surface area contributed by atoms with Crippen molar-refractivity contribution in [1.29, 1.82) is 0 Å². The molecule has 0 heterocycles. The van der Waals surface area contributed by atoms with Crippen LogP contribution < -0.4 is 5.32 Å². The molecular weight excluding hydrogens is 264 g/mol. The zero-order valence-corrected chi connectivity index (χ0v) is 13.6. The number of aliphatic hydroxyl groups excluding tert-OH is 1. The minimum atomic E-state index is -0.0837. The molecule has 4 heteroatoms. The normalized spacial score (nSPS) is 11.3. The Morgan fingerprint density at radius 2 is 1.90 bits per heavy atom. The Balaban J connectivity index is 2.82. The molecule has 0 fully saturated rings. The highest BCUT2D eigenvalue weighted by Gasteiger charge is 2.25. The van der Waals surface area contributed by atoms with Crippen LogP contribution in [0.5, 0.6) is 0 Å². The Bertz CT molecular complexity index is 448. The first kappa shape index (κ1) is 17.5. The molecule has 0 unspecified atom stereocenters. The molecule has 0 radical (unpaired) electrons. The second-order valence-corrected chi connectivity index (χ2v) is 5.75. The second-order valence-electron chi connectivity index (χ2n) is 5.75. The summed E-state index contributed by atoms with van der Waals surface area (Å²) in [6.07, 6.45) is 1.87. The number of hydrogen-bond donors (Lipinski definition) is 2. The summed E-state index contributed by atoms with van der Waals surface area (Å²) in [7, 11) is 1.80. The van der Waals surface area contributed by atoms with Crippen LogP contribution in [-0.4, -0.2) is 36.1 Å². The van der Waals surface area contributed by atoms with E-state index in [1.54, 1.807) is 18.9 Å². The second kappa shape index (κ2) is 8.03. The lowest BCUT2D eigenvalue weighted by Crippen LogP contribution is -2.32. The number of hydrogen-bond acceptors (Lipinski definition) is 3. The summed E-state index contributed by atoms with van der Waals surface area (Å²) in [6, 6.07) is 8.02. The molecule has 118 valence electrons. The maximum Gasteiger partial charge on any atom is 0.219 e. The van der Waals surface area contributed by atoms with E-state index >= 15 is 0 Å². The average Bonchev–Trinajstić information content (AvgIpc) is 2.50. The first-order valence-corrected chi connectivity index (χ1v) is 7.62. The van der Waals surface area contributed by atoms with E-state index in [-0.39, 0.29) is 17.9 Å². The molecule has 0 aliphatic carbocycles. The van der Waals surface area contributed by atoms with Crippen molar-refractivity contribution in [2.75, 3.05) is 25.5 Å². The molecule has 0 aliphatic heterocycles. The van der Waals surface area contributed by atoms with Crippen LogP contribution >= 0.6 is 0 Å². The van der Waals surface area contributed by atoms with Crippen molar-refractivity contribution in [1.82, 2.24) is 4.90 Å². The molecule has 4 nitrogen and oxygen atoms in total. The summed E-state index contributed by atoms with van der Waals surface area (Å²) in [5.41, 5.74) is 2.04. The first-order chi connectivity index (χ1) is 9.98. The van der Waals surface area contributed by atoms with Gasteiger partial charge in [0.25, 0.3) is 0 Å². The van der Waals surface area contributed by atoms with Crippen molar-refractivity contribution in [2.45, 2.75) is 40.2 Å². The first-order valence-electron chi connectivity index (χ1n) is 7.62. The number of carbonyl (C=O) groups is 1. The van der Waals surface area contributed by atoms with Gasteiger partial charge >= 0.3 is 0 Å². The van der Waals surface area contributed by atoms with Crippen LogP contribution in [0.1, 0.15) is 39.2 Å². The van der Waals surface area contributed by atoms with Gasteiger partial charge in [-0.1, -0.05) is 32.0 Å². The molecule has 0 saturated heterocycles. The van der Waals surface area contributed by atoms with Crippen molar-refractivity contribution in [3.8, 4) is 0 Å². The summed E-state index contributed by atoms with van der Waals surface area (Å²) >= 11 is 0. The van der Waals surface area contributed by atoms with E-state index in [9.17, 15) is 9.90 Å². The third-order valence-electron chi connectivity index (χ3n) is 4.45. The largest absolute Gasteiger partial charge is 0.396 e. The maximum atomic E-state index is 11.4. The fraction of sp³-hybridized carbons (Fsp3) is 0.588. The molecule has 0 saturated carbocycles. The van der Waals surface area contributed by atoms with Gasteiger partial charge in [-0.3, -0.25) is 4.79 Å². The third-order valence-corrected chi connectivity index (χ3v) is 4.45. The molecule has 0 aliphatic rings. The summed E-state index contributed by atoms with van der Waals surface area (Å²) in [6.45, 7) is 7.29. The lowest BCUT2D eigenvalue weighted by atomic mass is 9.83. The Morgan fingerprint density at radius 1 is 1.29 bits per heavy atom. The zero-order valence-electron chi connectivity index (χ0n) is 13.6. The van der Waals surface area contributed by atoms with Gasteiger partial charge in [-0.25, -0.2) is 0 Å². The summed E-state index contributed by atoms with van der Waals surface area (Å²) in [5, 5.41) is 13.1. The number of para-hydroxylation sites is 1. The van der Waals surface area contributed by atoms with Crippen LogP contribution in [0.15, 0.2) is 24.3 Å². The van der Waals surface area contributed by atoms with Crippen molar-refractivity contribution in [2.24, 2.45) is 5.41 Å². The number of anilines is 1. The molecule has 0 aromatic heterocycles. The van der Waals surface area contributed by atoms with Crippen LogP contribution in [0.25, 0.3) is 0 Å². The number of nitrogens with one attached hydrogen (secondary N) is 1. The molecule has 1 rings (SSSR count). The fourth-order valence-electron chi connectivity index (χ4n) is 2.26. The molecule has 0 atom stereocenters. The van der Waals surface area contributed by atoms with Crippen molar-refractivity contribution < 1.29 is 9.90 Å². The number of carbonyl (C=O) groups excluding carboxylic acids is 1. The van der Waals surface area contributed by atoms with Gasteiger partial charge in [0.1, 0.15) is 0 Å². The average molecular weight is 292 g/mol. The van der Waals surface area contributed by atoms with Crippen LogP contribution in [0.2, 0.25) is 0 Å². The zero-order chi connectivity index (χ0) is 15.9. The molecule has 1 aromatic rings. The van der Waals surface area contributed by atoms with Gasteiger partial charge in [-0.15, -0.1) is 0 Å². The summed E-state index contributed by atoms with van der Waals surface area (Å²) in [5.74, 6) is 0.0524. The number of amides is 1. The van der Waals surface area contributed by atoms with E-state index in [2.05, 4.69) is 19.2 Å². The summed E-state index contributed by atoms with van der Waals surface area (Å²) < 4.78 is 0. The van der Waals surface area contributed by atoms with Gasteiger partial charge in [-0.05, 0) is 24.5 Å². The fourth-order valence-corrected chi connectivity index (χ4v) is 2.26. The van der Waals surface area contributed by atoms with Crippen LogP contribution in [-0.2, 0) is 11.3 Å². The smallest absolute Gasteiger partial charge is 0.219 e. The van der Waals surface area contributed by atoms with Crippen molar-refractivity contribution >= 4 is 11.6 Å².